The van der Waals surface area contributed by atoms with Gasteiger partial charge in [-0.3, -0.25) is 0 Å². The van der Waals surface area contributed by atoms with Crippen molar-refractivity contribution in [3.8, 4) is 0 Å². The third kappa shape index (κ3) is 1.51. The highest BCUT2D eigenvalue weighted by Gasteiger charge is 2.25. The fourth-order valence-electron chi connectivity index (χ4n) is 1.76. The normalized spacial score (nSPS) is 43.8. The van der Waals surface area contributed by atoms with Crippen LogP contribution in [0.1, 0.15) is 27.2 Å². The fraction of sp³-hybridized carbons (Fsp3) is 1.00. The maximum Gasteiger partial charge on any atom is 0.00666 e. The van der Waals surface area contributed by atoms with Crippen LogP contribution in [0.5, 0.6) is 0 Å². The van der Waals surface area contributed by atoms with Gasteiger partial charge in [-0.2, -0.15) is 0 Å². The summed E-state index contributed by atoms with van der Waals surface area (Å²) in [6, 6.07) is 0.797. The summed E-state index contributed by atoms with van der Waals surface area (Å²) in [5.74, 6) is 1.81. The van der Waals surface area contributed by atoms with Gasteiger partial charge in [0.15, 0.2) is 0 Å². The molecule has 60 valence electrons. The summed E-state index contributed by atoms with van der Waals surface area (Å²) in [7, 11) is 2.23. The molecular weight excluding hydrogens is 122 g/mol. The van der Waals surface area contributed by atoms with Crippen LogP contribution in [0, 0.1) is 11.8 Å². The highest BCUT2D eigenvalue weighted by Crippen LogP contribution is 2.25. The van der Waals surface area contributed by atoms with E-state index in [0.29, 0.717) is 0 Å². The van der Waals surface area contributed by atoms with Crippen molar-refractivity contribution < 1.29 is 0 Å². The molecule has 0 spiro atoms. The minimum Gasteiger partial charge on any atom is -0.303 e. The van der Waals surface area contributed by atoms with Gasteiger partial charge in [0.2, 0.25) is 0 Å². The Balaban J connectivity index is 2.46. The van der Waals surface area contributed by atoms with Crippen LogP contribution in [0.15, 0.2) is 0 Å². The van der Waals surface area contributed by atoms with E-state index in [2.05, 4.69) is 32.7 Å². The highest BCUT2D eigenvalue weighted by molar-refractivity contribution is 4.78. The minimum absolute atomic E-state index is 0.797. The van der Waals surface area contributed by atoms with Gasteiger partial charge >= 0.3 is 0 Å². The molecule has 0 radical (unpaired) electrons. The monoisotopic (exact) mass is 141 g/mol. The number of hydrogen-bond acceptors (Lipinski definition) is 1. The topological polar surface area (TPSA) is 3.24 Å². The average molecular weight is 141 g/mol. The van der Waals surface area contributed by atoms with Crippen LogP contribution in [0.4, 0.5) is 0 Å². The molecule has 1 rings (SSSR count). The zero-order chi connectivity index (χ0) is 7.72. The van der Waals surface area contributed by atoms with E-state index >= 15 is 0 Å². The second-order valence-electron chi connectivity index (χ2n) is 3.98. The van der Waals surface area contributed by atoms with Crippen LogP contribution in [-0.2, 0) is 0 Å². The highest BCUT2D eigenvalue weighted by atomic mass is 15.1. The molecule has 1 aliphatic heterocycles. The smallest absolute Gasteiger partial charge is 0.00666 e. The largest absolute Gasteiger partial charge is 0.303 e. The molecule has 0 bridgehead atoms. The molecule has 0 saturated carbocycles. The summed E-state index contributed by atoms with van der Waals surface area (Å²) >= 11 is 0. The number of likely N-dealkylation sites (tertiary alicyclic amines) is 1. The number of rotatable bonds is 0. The van der Waals surface area contributed by atoms with Crippen molar-refractivity contribution in [3.05, 3.63) is 0 Å². The Kier molecular flexibility index (Phi) is 2.35. The zero-order valence-corrected chi connectivity index (χ0v) is 7.59. The van der Waals surface area contributed by atoms with Crippen LogP contribution >= 0.6 is 0 Å². The van der Waals surface area contributed by atoms with Crippen molar-refractivity contribution in [2.24, 2.45) is 11.8 Å². The lowest BCUT2D eigenvalue weighted by atomic mass is 9.85. The molecule has 0 N–H and O–H groups in total. The van der Waals surface area contributed by atoms with Crippen LogP contribution in [0.3, 0.4) is 0 Å². The summed E-state index contributed by atoms with van der Waals surface area (Å²) in [6.45, 7) is 8.33. The first-order valence-electron chi connectivity index (χ1n) is 4.31. The van der Waals surface area contributed by atoms with Crippen molar-refractivity contribution >= 4 is 0 Å². The first-order chi connectivity index (χ1) is 4.61. The third-order valence-corrected chi connectivity index (χ3v) is 3.01. The van der Waals surface area contributed by atoms with Crippen molar-refractivity contribution in [2.45, 2.75) is 33.2 Å². The Morgan fingerprint density at radius 3 is 2.20 bits per heavy atom. The summed E-state index contributed by atoms with van der Waals surface area (Å²) < 4.78 is 0. The molecule has 1 fully saturated rings. The third-order valence-electron chi connectivity index (χ3n) is 3.01. The van der Waals surface area contributed by atoms with Crippen molar-refractivity contribution in [2.75, 3.05) is 13.6 Å². The second-order valence-corrected chi connectivity index (χ2v) is 3.98. The Labute approximate surface area is 64.4 Å². The zero-order valence-electron chi connectivity index (χ0n) is 7.59. The predicted molar refractivity (Wildman–Crippen MR) is 45.0 cm³/mol. The minimum atomic E-state index is 0.797. The van der Waals surface area contributed by atoms with Gasteiger partial charge in [0.25, 0.3) is 0 Å². The fourth-order valence-corrected chi connectivity index (χ4v) is 1.76. The Morgan fingerprint density at radius 2 is 1.70 bits per heavy atom. The molecule has 1 heterocycles. The quantitative estimate of drug-likeness (QED) is 0.498. The Bertz CT molecular complexity index is 85.3. The molecule has 1 heteroatoms. The van der Waals surface area contributed by atoms with E-state index in [-0.39, 0.29) is 0 Å². The number of piperidine rings is 1. The van der Waals surface area contributed by atoms with Crippen LogP contribution < -0.4 is 0 Å². The van der Waals surface area contributed by atoms with Crippen LogP contribution in [-0.4, -0.2) is 24.5 Å². The van der Waals surface area contributed by atoms with Crippen molar-refractivity contribution in [1.29, 1.82) is 0 Å². The molecule has 1 aliphatic rings. The molecule has 10 heavy (non-hydrogen) atoms. The maximum atomic E-state index is 2.46. The summed E-state index contributed by atoms with van der Waals surface area (Å²) in [5, 5.41) is 0. The van der Waals surface area contributed by atoms with Crippen molar-refractivity contribution in [1.82, 2.24) is 4.90 Å². The predicted octanol–water partition coefficient (Wildman–Crippen LogP) is 1.98. The van der Waals surface area contributed by atoms with Gasteiger partial charge in [0, 0.05) is 12.6 Å². The second kappa shape index (κ2) is 2.91. The van der Waals surface area contributed by atoms with Gasteiger partial charge in [-0.05, 0) is 32.2 Å². The van der Waals surface area contributed by atoms with Gasteiger partial charge in [0.05, 0.1) is 0 Å². The van der Waals surface area contributed by atoms with E-state index in [1.807, 2.05) is 0 Å². The molecule has 0 aliphatic carbocycles. The summed E-state index contributed by atoms with van der Waals surface area (Å²) in [4.78, 5) is 2.46. The molecule has 1 saturated heterocycles. The number of nitrogens with zero attached hydrogens (tertiary/aromatic N) is 1. The maximum absolute atomic E-state index is 2.46. The number of hydrogen-bond donors (Lipinski definition) is 0. The Hall–Kier alpha value is -0.0400. The molecule has 1 unspecified atom stereocenters. The van der Waals surface area contributed by atoms with Gasteiger partial charge in [-0.1, -0.05) is 13.8 Å². The molecule has 3 atom stereocenters. The lowest BCUT2D eigenvalue weighted by Crippen LogP contribution is -2.41. The van der Waals surface area contributed by atoms with E-state index in [0.717, 1.165) is 17.9 Å². The molecule has 0 aromatic carbocycles. The summed E-state index contributed by atoms with van der Waals surface area (Å²) in [6.07, 6.45) is 1.37. The van der Waals surface area contributed by atoms with Crippen LogP contribution in [0.2, 0.25) is 0 Å². The standard InChI is InChI=1S/C9H19N/c1-7-5-9(3)10(4)6-8(7)2/h7-9H,5-6H2,1-4H3/t7?,8-,9+/m0/s1. The van der Waals surface area contributed by atoms with Crippen LogP contribution in [0.25, 0.3) is 0 Å². The van der Waals surface area contributed by atoms with Gasteiger partial charge in [-0.15, -0.1) is 0 Å². The van der Waals surface area contributed by atoms with E-state index in [1.54, 1.807) is 0 Å². The molecule has 0 aromatic rings. The van der Waals surface area contributed by atoms with E-state index < -0.39 is 0 Å². The first-order valence-corrected chi connectivity index (χ1v) is 4.31. The first kappa shape index (κ1) is 8.06. The molecule has 0 aromatic heterocycles. The molecule has 1 nitrogen and oxygen atoms in total. The van der Waals surface area contributed by atoms with E-state index in [1.165, 1.54) is 13.0 Å². The Morgan fingerprint density at radius 1 is 1.10 bits per heavy atom. The van der Waals surface area contributed by atoms with Gasteiger partial charge in [0.1, 0.15) is 0 Å². The molecule has 0 amide bonds. The lowest BCUT2D eigenvalue weighted by Gasteiger charge is -2.38. The molecular formula is C9H19N. The SMILES string of the molecule is CC1C[C@@H](C)N(C)C[C@@H]1C. The van der Waals surface area contributed by atoms with E-state index in [9.17, 15) is 0 Å². The van der Waals surface area contributed by atoms with E-state index in [4.69, 9.17) is 0 Å². The average Bonchev–Trinajstić information content (AvgIpc) is 1.84. The van der Waals surface area contributed by atoms with Gasteiger partial charge < -0.3 is 4.90 Å². The van der Waals surface area contributed by atoms with Gasteiger partial charge in [-0.25, -0.2) is 0 Å². The lowest BCUT2D eigenvalue weighted by molar-refractivity contribution is 0.112. The summed E-state index contributed by atoms with van der Waals surface area (Å²) in [5.41, 5.74) is 0. The van der Waals surface area contributed by atoms with Crippen molar-refractivity contribution in [3.63, 3.8) is 0 Å².